The molecule has 0 aliphatic carbocycles. The van der Waals surface area contributed by atoms with Crippen molar-refractivity contribution < 1.29 is 0 Å². The molecule has 0 saturated heterocycles. The van der Waals surface area contributed by atoms with E-state index >= 15 is 0 Å². The Morgan fingerprint density at radius 3 is 2.25 bits per heavy atom. The van der Waals surface area contributed by atoms with E-state index in [1.165, 1.54) is 12.7 Å². The Balaban J connectivity index is 0.000000127. The SMILES string of the molecule is Nc1ncccn1.c1nc[nH]n1. The van der Waals surface area contributed by atoms with Gasteiger partial charge in [0.05, 0.1) is 0 Å². The third kappa shape index (κ3) is 3.25. The van der Waals surface area contributed by atoms with Crippen LogP contribution in [-0.4, -0.2) is 25.1 Å². The van der Waals surface area contributed by atoms with E-state index in [1.807, 2.05) is 0 Å². The van der Waals surface area contributed by atoms with Gasteiger partial charge in [0.2, 0.25) is 5.95 Å². The molecule has 0 spiro atoms. The molecule has 0 saturated carbocycles. The number of H-pyrrole nitrogens is 1. The third-order valence-electron chi connectivity index (χ3n) is 0.917. The first-order valence-corrected chi connectivity index (χ1v) is 3.21. The van der Waals surface area contributed by atoms with Crippen LogP contribution in [0.2, 0.25) is 0 Å². The zero-order valence-corrected chi connectivity index (χ0v) is 6.25. The maximum Gasteiger partial charge on any atom is 0.219 e. The second-order valence-electron chi connectivity index (χ2n) is 1.76. The average Bonchev–Trinajstić information content (AvgIpc) is 2.62. The Morgan fingerprint density at radius 2 is 2.00 bits per heavy atom. The van der Waals surface area contributed by atoms with Gasteiger partial charge in [0.15, 0.2) is 0 Å². The summed E-state index contributed by atoms with van der Waals surface area (Å²) in [6.45, 7) is 0. The van der Waals surface area contributed by atoms with Crippen molar-refractivity contribution in [2.45, 2.75) is 0 Å². The van der Waals surface area contributed by atoms with Crippen molar-refractivity contribution in [2.24, 2.45) is 0 Å². The number of nitrogens with two attached hydrogens (primary N) is 1. The Morgan fingerprint density at radius 1 is 1.25 bits per heavy atom. The molecule has 6 nitrogen and oxygen atoms in total. The number of hydrogen-bond acceptors (Lipinski definition) is 5. The summed E-state index contributed by atoms with van der Waals surface area (Å²) in [5.41, 5.74) is 5.14. The Hall–Kier alpha value is -1.98. The van der Waals surface area contributed by atoms with Gasteiger partial charge in [-0.25, -0.2) is 15.0 Å². The molecule has 0 amide bonds. The van der Waals surface area contributed by atoms with Crippen molar-refractivity contribution >= 4 is 5.95 Å². The zero-order valence-electron chi connectivity index (χ0n) is 6.25. The van der Waals surface area contributed by atoms with Crippen molar-refractivity contribution in [2.75, 3.05) is 5.73 Å². The summed E-state index contributed by atoms with van der Waals surface area (Å²) < 4.78 is 0. The van der Waals surface area contributed by atoms with E-state index in [2.05, 4.69) is 25.1 Å². The fraction of sp³-hybridized carbons (Fsp3) is 0. The van der Waals surface area contributed by atoms with Crippen LogP contribution in [0.5, 0.6) is 0 Å². The maximum absolute atomic E-state index is 5.14. The van der Waals surface area contributed by atoms with Gasteiger partial charge in [0.25, 0.3) is 0 Å². The predicted octanol–water partition coefficient (Wildman–Crippen LogP) is -0.137. The number of rotatable bonds is 0. The lowest BCUT2D eigenvalue weighted by Gasteiger charge is -1.82. The van der Waals surface area contributed by atoms with Gasteiger partial charge in [-0.3, -0.25) is 5.10 Å². The Labute approximate surface area is 68.9 Å². The summed E-state index contributed by atoms with van der Waals surface area (Å²) in [6.07, 6.45) is 6.16. The molecule has 2 aromatic heterocycles. The number of hydrogen-bond donors (Lipinski definition) is 2. The lowest BCUT2D eigenvalue weighted by Crippen LogP contribution is -1.90. The first-order valence-electron chi connectivity index (χ1n) is 3.21. The van der Waals surface area contributed by atoms with Crippen LogP contribution in [0.3, 0.4) is 0 Å². The summed E-state index contributed by atoms with van der Waals surface area (Å²) in [6, 6.07) is 1.72. The fourth-order valence-corrected chi connectivity index (χ4v) is 0.477. The molecular weight excluding hydrogens is 156 g/mol. The lowest BCUT2D eigenvalue weighted by atomic mass is 10.7. The Bertz CT molecular complexity index is 261. The van der Waals surface area contributed by atoms with E-state index in [0.29, 0.717) is 5.95 Å². The number of nitrogens with zero attached hydrogens (tertiary/aromatic N) is 4. The topological polar surface area (TPSA) is 93.4 Å². The first kappa shape index (κ1) is 8.12. The zero-order chi connectivity index (χ0) is 8.65. The van der Waals surface area contributed by atoms with Gasteiger partial charge >= 0.3 is 0 Å². The molecule has 12 heavy (non-hydrogen) atoms. The van der Waals surface area contributed by atoms with E-state index in [4.69, 9.17) is 5.73 Å². The van der Waals surface area contributed by atoms with Crippen molar-refractivity contribution in [1.29, 1.82) is 0 Å². The van der Waals surface area contributed by atoms with Gasteiger partial charge in [0.1, 0.15) is 12.7 Å². The molecule has 2 heterocycles. The molecule has 3 N–H and O–H groups in total. The molecule has 0 atom stereocenters. The minimum Gasteiger partial charge on any atom is -0.368 e. The monoisotopic (exact) mass is 164 g/mol. The van der Waals surface area contributed by atoms with E-state index < -0.39 is 0 Å². The van der Waals surface area contributed by atoms with E-state index in [-0.39, 0.29) is 0 Å². The molecule has 0 radical (unpaired) electrons. The number of nitrogen functional groups attached to an aromatic ring is 1. The van der Waals surface area contributed by atoms with Crippen LogP contribution < -0.4 is 5.73 Å². The molecule has 62 valence electrons. The highest BCUT2D eigenvalue weighted by molar-refractivity contribution is 5.11. The molecule has 0 aromatic carbocycles. The normalized spacial score (nSPS) is 8.33. The van der Waals surface area contributed by atoms with Crippen LogP contribution >= 0.6 is 0 Å². The van der Waals surface area contributed by atoms with Gasteiger partial charge in [-0.05, 0) is 6.07 Å². The van der Waals surface area contributed by atoms with Gasteiger partial charge in [-0.2, -0.15) is 5.10 Å². The van der Waals surface area contributed by atoms with Crippen LogP contribution in [-0.2, 0) is 0 Å². The van der Waals surface area contributed by atoms with Gasteiger partial charge in [-0.1, -0.05) is 0 Å². The van der Waals surface area contributed by atoms with Crippen molar-refractivity contribution in [3.8, 4) is 0 Å². The summed E-state index contributed by atoms with van der Waals surface area (Å²) in [5, 5.41) is 5.99. The van der Waals surface area contributed by atoms with Crippen LogP contribution in [0.4, 0.5) is 5.95 Å². The van der Waals surface area contributed by atoms with Gasteiger partial charge in [0, 0.05) is 12.4 Å². The maximum atomic E-state index is 5.14. The number of aromatic amines is 1. The molecule has 0 aliphatic heterocycles. The van der Waals surface area contributed by atoms with E-state index in [0.717, 1.165) is 0 Å². The summed E-state index contributed by atoms with van der Waals surface area (Å²) in [7, 11) is 0. The Kier molecular flexibility index (Phi) is 3.23. The molecule has 0 bridgehead atoms. The van der Waals surface area contributed by atoms with Crippen LogP contribution in [0.15, 0.2) is 31.1 Å². The number of anilines is 1. The molecule has 2 aromatic rings. The largest absolute Gasteiger partial charge is 0.368 e. The third-order valence-corrected chi connectivity index (χ3v) is 0.917. The minimum atomic E-state index is 0.322. The highest BCUT2D eigenvalue weighted by Gasteiger charge is 1.75. The van der Waals surface area contributed by atoms with E-state index in [9.17, 15) is 0 Å². The van der Waals surface area contributed by atoms with Crippen molar-refractivity contribution in [3.05, 3.63) is 31.1 Å². The number of aromatic nitrogens is 5. The molecule has 0 aliphatic rings. The minimum absolute atomic E-state index is 0.322. The molecule has 0 fully saturated rings. The predicted molar refractivity (Wildman–Crippen MR) is 42.8 cm³/mol. The lowest BCUT2D eigenvalue weighted by molar-refractivity contribution is 1.09. The van der Waals surface area contributed by atoms with Crippen molar-refractivity contribution in [3.63, 3.8) is 0 Å². The molecule has 6 heteroatoms. The smallest absolute Gasteiger partial charge is 0.219 e. The van der Waals surface area contributed by atoms with Gasteiger partial charge in [-0.15, -0.1) is 0 Å². The quantitative estimate of drug-likeness (QED) is 0.565. The number of nitrogens with one attached hydrogen (secondary N) is 1. The molecule has 0 unspecified atom stereocenters. The fourth-order valence-electron chi connectivity index (χ4n) is 0.477. The molecule has 2 rings (SSSR count). The van der Waals surface area contributed by atoms with Crippen LogP contribution in [0.1, 0.15) is 0 Å². The van der Waals surface area contributed by atoms with E-state index in [1.54, 1.807) is 18.5 Å². The van der Waals surface area contributed by atoms with Crippen LogP contribution in [0, 0.1) is 0 Å². The van der Waals surface area contributed by atoms with Gasteiger partial charge < -0.3 is 5.73 Å². The highest BCUT2D eigenvalue weighted by Crippen LogP contribution is 1.81. The summed E-state index contributed by atoms with van der Waals surface area (Å²) in [4.78, 5) is 10.8. The standard InChI is InChI=1S/C4H5N3.C2H3N3/c5-4-6-2-1-3-7-4;1-3-2-5-4-1/h1-3H,(H2,5,6,7);1-2H,(H,3,4,5). The average molecular weight is 164 g/mol. The highest BCUT2D eigenvalue weighted by atomic mass is 15.2. The first-order chi connectivity index (χ1) is 5.89. The van der Waals surface area contributed by atoms with Crippen molar-refractivity contribution in [1.82, 2.24) is 25.1 Å². The van der Waals surface area contributed by atoms with Crippen LogP contribution in [0.25, 0.3) is 0 Å². The second-order valence-corrected chi connectivity index (χ2v) is 1.76. The summed E-state index contributed by atoms with van der Waals surface area (Å²) >= 11 is 0. The summed E-state index contributed by atoms with van der Waals surface area (Å²) in [5.74, 6) is 0.322. The second kappa shape index (κ2) is 4.78. The molecular formula is C6H8N6.